The van der Waals surface area contributed by atoms with Crippen LogP contribution in [-0.2, 0) is 11.8 Å². The van der Waals surface area contributed by atoms with E-state index in [0.717, 1.165) is 11.1 Å². The first-order chi connectivity index (χ1) is 9.91. The Morgan fingerprint density at radius 3 is 2.43 bits per heavy atom. The van der Waals surface area contributed by atoms with Crippen molar-refractivity contribution in [3.05, 3.63) is 71.0 Å². The Morgan fingerprint density at radius 2 is 1.81 bits per heavy atom. The second kappa shape index (κ2) is 6.37. The van der Waals surface area contributed by atoms with Gasteiger partial charge in [0, 0.05) is 0 Å². The lowest BCUT2D eigenvalue weighted by Gasteiger charge is -2.27. The van der Waals surface area contributed by atoms with Crippen LogP contribution in [-0.4, -0.2) is 0 Å². The molecule has 0 aliphatic carbocycles. The Bertz CT molecular complexity index is 602. The molecule has 2 nitrogen and oxygen atoms in total. The lowest BCUT2D eigenvalue weighted by atomic mass is 9.81. The Labute approximate surface area is 126 Å². The van der Waals surface area contributed by atoms with Gasteiger partial charge in [0.05, 0.1) is 6.04 Å². The van der Waals surface area contributed by atoms with Crippen LogP contribution in [0.1, 0.15) is 43.5 Å². The highest BCUT2D eigenvalue weighted by molar-refractivity contribution is 5.36. The number of hydrazine groups is 1. The summed E-state index contributed by atoms with van der Waals surface area (Å²) in [5.74, 6) is 5.54. The van der Waals surface area contributed by atoms with E-state index in [2.05, 4.69) is 38.3 Å². The number of hydrogen-bond acceptors (Lipinski definition) is 2. The predicted molar refractivity (Wildman–Crippen MR) is 85.3 cm³/mol. The van der Waals surface area contributed by atoms with Gasteiger partial charge in [0.25, 0.3) is 0 Å². The Balaban J connectivity index is 2.34. The number of rotatable bonds is 4. The third-order valence-electron chi connectivity index (χ3n) is 3.67. The van der Waals surface area contributed by atoms with E-state index in [1.54, 1.807) is 12.1 Å². The van der Waals surface area contributed by atoms with Crippen LogP contribution in [0.4, 0.5) is 4.39 Å². The zero-order chi connectivity index (χ0) is 15.5. The summed E-state index contributed by atoms with van der Waals surface area (Å²) in [4.78, 5) is 0. The van der Waals surface area contributed by atoms with E-state index < -0.39 is 0 Å². The molecule has 0 amide bonds. The maximum atomic E-state index is 13.3. The van der Waals surface area contributed by atoms with Crippen LogP contribution < -0.4 is 11.3 Å². The molecule has 1 unspecified atom stereocenters. The van der Waals surface area contributed by atoms with Crippen molar-refractivity contribution >= 4 is 0 Å². The van der Waals surface area contributed by atoms with Crippen molar-refractivity contribution in [2.75, 3.05) is 0 Å². The van der Waals surface area contributed by atoms with Crippen LogP contribution in [0.25, 0.3) is 0 Å². The third kappa shape index (κ3) is 3.90. The molecule has 0 aliphatic rings. The Morgan fingerprint density at radius 1 is 1.10 bits per heavy atom. The van der Waals surface area contributed by atoms with Gasteiger partial charge in [0.2, 0.25) is 0 Å². The Hall–Kier alpha value is -1.71. The van der Waals surface area contributed by atoms with E-state index in [4.69, 9.17) is 5.84 Å². The van der Waals surface area contributed by atoms with Gasteiger partial charge in [-0.25, -0.2) is 4.39 Å². The van der Waals surface area contributed by atoms with Gasteiger partial charge in [-0.3, -0.25) is 11.3 Å². The van der Waals surface area contributed by atoms with Gasteiger partial charge in [-0.05, 0) is 40.7 Å². The summed E-state index contributed by atoms with van der Waals surface area (Å²) in [5, 5.41) is 0. The van der Waals surface area contributed by atoms with Crippen LogP contribution in [0.2, 0.25) is 0 Å². The molecule has 0 aromatic heterocycles. The van der Waals surface area contributed by atoms with Gasteiger partial charge in [0.1, 0.15) is 5.82 Å². The minimum absolute atomic E-state index is 0.0353. The molecule has 2 aromatic carbocycles. The summed E-state index contributed by atoms with van der Waals surface area (Å²) in [6.45, 7) is 6.55. The number of nitrogens with two attached hydrogens (primary N) is 1. The SMILES string of the molecule is CC(C)(C)c1ccccc1C(Cc1cccc(F)c1)NN. The smallest absolute Gasteiger partial charge is 0.123 e. The fourth-order valence-electron chi connectivity index (χ4n) is 2.64. The van der Waals surface area contributed by atoms with Gasteiger partial charge in [0.15, 0.2) is 0 Å². The van der Waals surface area contributed by atoms with Crippen molar-refractivity contribution in [3.8, 4) is 0 Å². The molecule has 3 heteroatoms. The molecule has 0 spiro atoms. The molecule has 3 N–H and O–H groups in total. The molecule has 0 radical (unpaired) electrons. The monoisotopic (exact) mass is 286 g/mol. The normalized spacial score (nSPS) is 13.2. The summed E-state index contributed by atoms with van der Waals surface area (Å²) in [6.07, 6.45) is 0.654. The maximum Gasteiger partial charge on any atom is 0.123 e. The van der Waals surface area contributed by atoms with Crippen LogP contribution in [0, 0.1) is 5.82 Å². The highest BCUT2D eigenvalue weighted by atomic mass is 19.1. The summed E-state index contributed by atoms with van der Waals surface area (Å²) < 4.78 is 13.3. The minimum atomic E-state index is -0.215. The fourth-order valence-corrected chi connectivity index (χ4v) is 2.64. The molecule has 1 atom stereocenters. The van der Waals surface area contributed by atoms with Gasteiger partial charge >= 0.3 is 0 Å². The van der Waals surface area contributed by atoms with E-state index in [-0.39, 0.29) is 17.3 Å². The molecule has 21 heavy (non-hydrogen) atoms. The van der Waals surface area contributed by atoms with E-state index in [9.17, 15) is 4.39 Å². The maximum absolute atomic E-state index is 13.3. The summed E-state index contributed by atoms with van der Waals surface area (Å²) in [5.41, 5.74) is 6.26. The highest BCUT2D eigenvalue weighted by Gasteiger charge is 2.22. The number of benzene rings is 2. The molecule has 0 saturated carbocycles. The van der Waals surface area contributed by atoms with Crippen molar-refractivity contribution in [2.24, 2.45) is 5.84 Å². The second-order valence-electron chi connectivity index (χ2n) is 6.39. The van der Waals surface area contributed by atoms with Gasteiger partial charge in [-0.15, -0.1) is 0 Å². The molecule has 112 valence electrons. The fraction of sp³-hybridized carbons (Fsp3) is 0.333. The molecule has 0 saturated heterocycles. The molecule has 2 aromatic rings. The number of halogens is 1. The molecule has 0 bridgehead atoms. The minimum Gasteiger partial charge on any atom is -0.271 e. The number of nitrogens with one attached hydrogen (secondary N) is 1. The molecule has 0 heterocycles. The predicted octanol–water partition coefficient (Wildman–Crippen LogP) is 3.87. The first kappa shape index (κ1) is 15.7. The van der Waals surface area contributed by atoms with E-state index in [1.165, 1.54) is 11.6 Å². The van der Waals surface area contributed by atoms with Crippen molar-refractivity contribution in [1.29, 1.82) is 0 Å². The van der Waals surface area contributed by atoms with Crippen LogP contribution >= 0.6 is 0 Å². The van der Waals surface area contributed by atoms with E-state index >= 15 is 0 Å². The second-order valence-corrected chi connectivity index (χ2v) is 6.39. The van der Waals surface area contributed by atoms with Crippen LogP contribution in [0.5, 0.6) is 0 Å². The molecule has 0 fully saturated rings. The standard InChI is InChI=1S/C18H23FN2/c1-18(2,3)16-10-5-4-9-15(16)17(21-20)12-13-7-6-8-14(19)11-13/h4-11,17,21H,12,20H2,1-3H3. The zero-order valence-electron chi connectivity index (χ0n) is 12.9. The molecule has 2 rings (SSSR count). The number of hydrogen-bond donors (Lipinski definition) is 2. The quantitative estimate of drug-likeness (QED) is 0.661. The summed E-state index contributed by atoms with van der Waals surface area (Å²) >= 11 is 0. The summed E-state index contributed by atoms with van der Waals surface area (Å²) in [6, 6.07) is 14.9. The van der Waals surface area contributed by atoms with Crippen molar-refractivity contribution in [1.82, 2.24) is 5.43 Å². The molecular formula is C18H23FN2. The topological polar surface area (TPSA) is 38.0 Å². The van der Waals surface area contributed by atoms with Crippen molar-refractivity contribution < 1.29 is 4.39 Å². The van der Waals surface area contributed by atoms with Crippen molar-refractivity contribution in [2.45, 2.75) is 38.6 Å². The van der Waals surface area contributed by atoms with Gasteiger partial charge in [-0.2, -0.15) is 0 Å². The van der Waals surface area contributed by atoms with Crippen LogP contribution in [0.15, 0.2) is 48.5 Å². The molecular weight excluding hydrogens is 263 g/mol. The lowest BCUT2D eigenvalue weighted by Crippen LogP contribution is -2.31. The zero-order valence-corrected chi connectivity index (χ0v) is 12.9. The van der Waals surface area contributed by atoms with E-state index in [0.29, 0.717) is 6.42 Å². The van der Waals surface area contributed by atoms with Crippen molar-refractivity contribution in [3.63, 3.8) is 0 Å². The average Bonchev–Trinajstić information content (AvgIpc) is 2.44. The Kier molecular flexibility index (Phi) is 4.76. The van der Waals surface area contributed by atoms with E-state index in [1.807, 2.05) is 18.2 Å². The van der Waals surface area contributed by atoms with Gasteiger partial charge in [-0.1, -0.05) is 57.2 Å². The largest absolute Gasteiger partial charge is 0.271 e. The van der Waals surface area contributed by atoms with Gasteiger partial charge < -0.3 is 0 Å². The summed E-state index contributed by atoms with van der Waals surface area (Å²) in [7, 11) is 0. The molecule has 0 aliphatic heterocycles. The highest BCUT2D eigenvalue weighted by Crippen LogP contribution is 2.30. The first-order valence-electron chi connectivity index (χ1n) is 7.22. The average molecular weight is 286 g/mol. The third-order valence-corrected chi connectivity index (χ3v) is 3.67. The lowest BCUT2D eigenvalue weighted by molar-refractivity contribution is 0.517. The first-order valence-corrected chi connectivity index (χ1v) is 7.22. The van der Waals surface area contributed by atoms with Crippen LogP contribution in [0.3, 0.4) is 0 Å².